The Kier molecular flexibility index (Phi) is 3.25. The van der Waals surface area contributed by atoms with Crippen molar-refractivity contribution in [3.05, 3.63) is 35.9 Å². The zero-order valence-corrected chi connectivity index (χ0v) is 12.7. The fraction of sp³-hybridized carbons (Fsp3) is 0.500. The molecule has 1 aromatic rings. The first kappa shape index (κ1) is 14.4. The van der Waals surface area contributed by atoms with E-state index in [2.05, 4.69) is 0 Å². The fourth-order valence-corrected chi connectivity index (χ4v) is 4.86. The molecule has 1 aliphatic heterocycles. The number of carboxylic acids is 1. The molecule has 5 nitrogen and oxygen atoms in total. The molecule has 0 spiro atoms. The smallest absolute Gasteiger partial charge is 0.234 e. The number of likely N-dealkylation sites (tertiary alicyclic amines) is 1. The Morgan fingerprint density at radius 1 is 1.09 bits per heavy atom. The molecule has 1 aromatic carbocycles. The molecular formula is C18H18NO4-. The van der Waals surface area contributed by atoms with Crippen LogP contribution in [0.3, 0.4) is 0 Å². The van der Waals surface area contributed by atoms with E-state index in [0.29, 0.717) is 0 Å². The van der Waals surface area contributed by atoms with Gasteiger partial charge in [-0.05, 0) is 43.1 Å². The van der Waals surface area contributed by atoms with Crippen LogP contribution in [0.25, 0.3) is 0 Å². The number of rotatable bonds is 4. The molecule has 0 N–H and O–H groups in total. The number of carbonyl (C=O) groups is 3. The van der Waals surface area contributed by atoms with E-state index in [1.165, 1.54) is 0 Å². The lowest BCUT2D eigenvalue weighted by atomic mass is 9.81. The topological polar surface area (TPSA) is 77.5 Å². The lowest BCUT2D eigenvalue weighted by Gasteiger charge is -2.28. The molecule has 0 aromatic heterocycles. The van der Waals surface area contributed by atoms with E-state index in [0.717, 1.165) is 29.7 Å². The summed E-state index contributed by atoms with van der Waals surface area (Å²) in [4.78, 5) is 38.1. The molecule has 2 aliphatic carbocycles. The number of fused-ring (bicyclic) bond motifs is 5. The third-order valence-corrected chi connectivity index (χ3v) is 5.82. The number of carbonyl (C=O) groups excluding carboxylic acids is 3. The van der Waals surface area contributed by atoms with Crippen molar-refractivity contribution in [3.63, 3.8) is 0 Å². The molecule has 5 heteroatoms. The van der Waals surface area contributed by atoms with Crippen molar-refractivity contribution in [2.24, 2.45) is 23.7 Å². The molecule has 0 radical (unpaired) electrons. The predicted octanol–water partition coefficient (Wildman–Crippen LogP) is 0.379. The highest BCUT2D eigenvalue weighted by Gasteiger charge is 2.61. The first-order chi connectivity index (χ1) is 11.1. The van der Waals surface area contributed by atoms with E-state index in [4.69, 9.17) is 0 Å². The molecular weight excluding hydrogens is 294 g/mol. The highest BCUT2D eigenvalue weighted by atomic mass is 16.4. The van der Waals surface area contributed by atoms with Crippen molar-refractivity contribution in [1.29, 1.82) is 0 Å². The monoisotopic (exact) mass is 312 g/mol. The van der Waals surface area contributed by atoms with E-state index in [1.807, 2.05) is 18.2 Å². The minimum Gasteiger partial charge on any atom is -0.548 e. The molecule has 1 saturated heterocycles. The van der Waals surface area contributed by atoms with Crippen molar-refractivity contribution >= 4 is 17.8 Å². The average molecular weight is 312 g/mol. The maximum Gasteiger partial charge on any atom is 0.234 e. The quantitative estimate of drug-likeness (QED) is 0.753. The van der Waals surface area contributed by atoms with Gasteiger partial charge in [-0.25, -0.2) is 0 Å². The van der Waals surface area contributed by atoms with Gasteiger partial charge in [0.25, 0.3) is 0 Å². The molecule has 120 valence electrons. The van der Waals surface area contributed by atoms with Crippen LogP contribution >= 0.6 is 0 Å². The van der Waals surface area contributed by atoms with Crippen LogP contribution in [0.5, 0.6) is 0 Å². The molecule has 2 bridgehead atoms. The lowest BCUT2D eigenvalue weighted by Crippen LogP contribution is -2.52. The highest BCUT2D eigenvalue weighted by molar-refractivity contribution is 6.08. The fourth-order valence-electron chi connectivity index (χ4n) is 4.86. The van der Waals surface area contributed by atoms with Crippen molar-refractivity contribution in [1.82, 2.24) is 4.90 Å². The summed E-state index contributed by atoms with van der Waals surface area (Å²) < 4.78 is 0. The summed E-state index contributed by atoms with van der Waals surface area (Å²) in [5, 5.41) is 11.6. The average Bonchev–Trinajstić information content (AvgIpc) is 3.21. The second-order valence-electron chi connectivity index (χ2n) is 6.96. The summed E-state index contributed by atoms with van der Waals surface area (Å²) in [6, 6.07) is 7.85. The molecule has 0 unspecified atom stereocenters. The van der Waals surface area contributed by atoms with Gasteiger partial charge in [0.15, 0.2) is 0 Å². The Labute approximate surface area is 134 Å². The Bertz CT molecular complexity index is 643. The standard InChI is InChI=1S/C18H19NO4/c20-16-14-11-6-7-12(9-11)15(14)17(21)19(16)13(18(22)23)8-10-4-2-1-3-5-10/h1-5,11-15H,6-9H2,(H,22,23)/p-1/t11-,12+,13-,14+,15+/m1/s1. The van der Waals surface area contributed by atoms with E-state index in [1.54, 1.807) is 12.1 Å². The SMILES string of the molecule is O=C([O-])[C@@H](Cc1ccccc1)N1C(=O)[C@H]2[C@@H]3CC[C@@H](C3)[C@@H]2C1=O. The van der Waals surface area contributed by atoms with Crippen molar-refractivity contribution < 1.29 is 19.5 Å². The number of imide groups is 1. The van der Waals surface area contributed by atoms with Crippen LogP contribution in [-0.4, -0.2) is 28.7 Å². The number of hydrogen-bond donors (Lipinski definition) is 0. The van der Waals surface area contributed by atoms with Crippen LogP contribution in [0.4, 0.5) is 0 Å². The molecule has 23 heavy (non-hydrogen) atoms. The van der Waals surface area contributed by atoms with Crippen LogP contribution < -0.4 is 5.11 Å². The van der Waals surface area contributed by atoms with E-state index in [9.17, 15) is 19.5 Å². The maximum atomic E-state index is 12.7. The molecule has 4 rings (SSSR count). The minimum atomic E-state index is -1.36. The number of carboxylic acid groups (broad SMARTS) is 1. The van der Waals surface area contributed by atoms with Gasteiger partial charge in [0, 0.05) is 0 Å². The molecule has 2 saturated carbocycles. The summed E-state index contributed by atoms with van der Waals surface area (Å²) in [7, 11) is 0. The Balaban J connectivity index is 1.63. The number of nitrogens with zero attached hydrogens (tertiary/aromatic N) is 1. The summed E-state index contributed by atoms with van der Waals surface area (Å²) in [5.41, 5.74) is 0.780. The molecule has 3 fully saturated rings. The first-order valence-electron chi connectivity index (χ1n) is 8.19. The van der Waals surface area contributed by atoms with Gasteiger partial charge >= 0.3 is 0 Å². The summed E-state index contributed by atoms with van der Waals surface area (Å²) in [6.45, 7) is 0. The highest BCUT2D eigenvalue weighted by Crippen LogP contribution is 2.56. The van der Waals surface area contributed by atoms with Gasteiger partial charge in [0.1, 0.15) is 0 Å². The minimum absolute atomic E-state index is 0.107. The second-order valence-corrected chi connectivity index (χ2v) is 6.96. The summed E-state index contributed by atoms with van der Waals surface area (Å²) in [5.74, 6) is -2.02. The normalized spacial score (nSPS) is 33.1. The zero-order chi connectivity index (χ0) is 16.1. The van der Waals surface area contributed by atoms with Crippen molar-refractivity contribution in [3.8, 4) is 0 Å². The van der Waals surface area contributed by atoms with Crippen LogP contribution in [-0.2, 0) is 20.8 Å². The van der Waals surface area contributed by atoms with Crippen LogP contribution in [0.2, 0.25) is 0 Å². The van der Waals surface area contributed by atoms with Crippen molar-refractivity contribution in [2.45, 2.75) is 31.7 Å². The molecule has 1 heterocycles. The third kappa shape index (κ3) is 2.10. The number of amides is 2. The van der Waals surface area contributed by atoms with Gasteiger partial charge in [0.2, 0.25) is 11.8 Å². The molecule has 2 amide bonds. The van der Waals surface area contributed by atoms with Gasteiger partial charge in [-0.3, -0.25) is 14.5 Å². The van der Waals surface area contributed by atoms with E-state index >= 15 is 0 Å². The Morgan fingerprint density at radius 2 is 1.65 bits per heavy atom. The second kappa shape index (κ2) is 5.18. The maximum absolute atomic E-state index is 12.7. The molecule has 3 aliphatic rings. The molecule has 5 atom stereocenters. The van der Waals surface area contributed by atoms with Gasteiger partial charge in [-0.15, -0.1) is 0 Å². The zero-order valence-electron chi connectivity index (χ0n) is 12.7. The van der Waals surface area contributed by atoms with Gasteiger partial charge in [0.05, 0.1) is 23.8 Å². The Morgan fingerprint density at radius 3 is 2.17 bits per heavy atom. The van der Waals surface area contributed by atoms with E-state index < -0.39 is 12.0 Å². The lowest BCUT2D eigenvalue weighted by molar-refractivity contribution is -0.310. The van der Waals surface area contributed by atoms with Crippen LogP contribution in [0, 0.1) is 23.7 Å². The van der Waals surface area contributed by atoms with Crippen LogP contribution in [0.15, 0.2) is 30.3 Å². The summed E-state index contributed by atoms with van der Waals surface area (Å²) in [6.07, 6.45) is 3.01. The largest absolute Gasteiger partial charge is 0.548 e. The number of hydrogen-bond acceptors (Lipinski definition) is 4. The first-order valence-corrected chi connectivity index (χ1v) is 8.19. The third-order valence-electron chi connectivity index (χ3n) is 5.82. The number of benzene rings is 1. The van der Waals surface area contributed by atoms with Gasteiger partial charge in [-0.1, -0.05) is 30.3 Å². The van der Waals surface area contributed by atoms with Crippen molar-refractivity contribution in [2.75, 3.05) is 0 Å². The summed E-state index contributed by atoms with van der Waals surface area (Å²) >= 11 is 0. The Hall–Kier alpha value is -2.17. The van der Waals surface area contributed by atoms with E-state index in [-0.39, 0.29) is 41.9 Å². The van der Waals surface area contributed by atoms with Gasteiger partial charge < -0.3 is 9.90 Å². The number of aliphatic carboxylic acids is 1. The predicted molar refractivity (Wildman–Crippen MR) is 78.6 cm³/mol. The van der Waals surface area contributed by atoms with Gasteiger partial charge in [-0.2, -0.15) is 0 Å². The van der Waals surface area contributed by atoms with Crippen LogP contribution in [0.1, 0.15) is 24.8 Å².